The van der Waals surface area contributed by atoms with Gasteiger partial charge in [0.25, 0.3) is 5.56 Å². The maximum absolute atomic E-state index is 13.8. The third-order valence-corrected chi connectivity index (χ3v) is 7.65. The topological polar surface area (TPSA) is 65.7 Å². The quantitative estimate of drug-likeness (QED) is 0.174. The first-order chi connectivity index (χ1) is 20.9. The van der Waals surface area contributed by atoms with E-state index in [4.69, 9.17) is 19.6 Å². The number of methoxy groups -OCH3 is 1. The molecule has 43 heavy (non-hydrogen) atoms. The lowest BCUT2D eigenvalue weighted by Gasteiger charge is -2.17. The third kappa shape index (κ3) is 5.64. The van der Waals surface area contributed by atoms with Crippen molar-refractivity contribution in [1.29, 1.82) is 0 Å². The van der Waals surface area contributed by atoms with Gasteiger partial charge in [-0.05, 0) is 82.3 Å². The van der Waals surface area contributed by atoms with Crippen molar-refractivity contribution in [3.63, 3.8) is 0 Å². The van der Waals surface area contributed by atoms with Gasteiger partial charge in [-0.3, -0.25) is 4.79 Å². The summed E-state index contributed by atoms with van der Waals surface area (Å²) < 4.78 is 13.2. The number of fused-ring (bicyclic) bond motifs is 2. The normalized spacial score (nSPS) is 11.6. The number of hydrogen-bond acceptors (Lipinski definition) is 5. The van der Waals surface area contributed by atoms with E-state index in [1.807, 2.05) is 73.7 Å². The highest BCUT2D eigenvalue weighted by atomic mass is 16.5. The van der Waals surface area contributed by atoms with Crippen LogP contribution in [0.15, 0.2) is 113 Å². The molecule has 0 N–H and O–H groups in total. The van der Waals surface area contributed by atoms with Crippen molar-refractivity contribution in [1.82, 2.24) is 9.66 Å². The van der Waals surface area contributed by atoms with Crippen molar-refractivity contribution in [3.8, 4) is 22.9 Å². The molecule has 6 heteroatoms. The van der Waals surface area contributed by atoms with Gasteiger partial charge in [-0.15, -0.1) is 0 Å². The Morgan fingerprint density at radius 1 is 0.884 bits per heavy atom. The summed E-state index contributed by atoms with van der Waals surface area (Å²) in [5.74, 6) is 2.23. The second kappa shape index (κ2) is 11.9. The van der Waals surface area contributed by atoms with Gasteiger partial charge in [0, 0.05) is 5.56 Å². The van der Waals surface area contributed by atoms with Crippen molar-refractivity contribution in [2.45, 2.75) is 33.3 Å². The number of aromatic nitrogens is 2. The Balaban J connectivity index is 1.38. The van der Waals surface area contributed by atoms with Crippen LogP contribution >= 0.6 is 0 Å². The van der Waals surface area contributed by atoms with Crippen LogP contribution in [0.3, 0.4) is 0 Å². The Morgan fingerprint density at radius 3 is 2.44 bits per heavy atom. The van der Waals surface area contributed by atoms with Crippen LogP contribution in [0.5, 0.6) is 11.5 Å². The minimum Gasteiger partial charge on any atom is -0.496 e. The van der Waals surface area contributed by atoms with Gasteiger partial charge < -0.3 is 9.47 Å². The molecular formula is C37H33N3O3. The Hall–Kier alpha value is -5.23. The molecule has 0 saturated heterocycles. The number of ether oxygens (including phenoxy) is 2. The number of benzene rings is 5. The van der Waals surface area contributed by atoms with Crippen molar-refractivity contribution in [3.05, 3.63) is 136 Å². The fraction of sp³-hybridized carbons (Fsp3) is 0.162. The summed E-state index contributed by atoms with van der Waals surface area (Å²) in [6.07, 6.45) is 1.67. The van der Waals surface area contributed by atoms with E-state index in [1.165, 1.54) is 15.4 Å². The number of rotatable bonds is 8. The van der Waals surface area contributed by atoms with Gasteiger partial charge in [0.05, 0.1) is 24.2 Å². The molecule has 0 aliphatic rings. The summed E-state index contributed by atoms with van der Waals surface area (Å²) in [4.78, 5) is 18.7. The molecule has 1 aromatic heterocycles. The summed E-state index contributed by atoms with van der Waals surface area (Å²) in [6, 6.07) is 33.6. The maximum Gasteiger partial charge on any atom is 0.282 e. The largest absolute Gasteiger partial charge is 0.496 e. The Bertz CT molecular complexity index is 2040. The van der Waals surface area contributed by atoms with Gasteiger partial charge in [-0.1, -0.05) is 80.6 Å². The summed E-state index contributed by atoms with van der Waals surface area (Å²) in [6.45, 7) is 6.67. The van der Waals surface area contributed by atoms with Crippen molar-refractivity contribution < 1.29 is 9.47 Å². The molecule has 6 nitrogen and oxygen atoms in total. The van der Waals surface area contributed by atoms with E-state index in [9.17, 15) is 4.79 Å². The van der Waals surface area contributed by atoms with Gasteiger partial charge in [0.2, 0.25) is 0 Å². The smallest absolute Gasteiger partial charge is 0.282 e. The fourth-order valence-corrected chi connectivity index (χ4v) is 5.36. The predicted molar refractivity (Wildman–Crippen MR) is 175 cm³/mol. The van der Waals surface area contributed by atoms with Crippen LogP contribution in [0, 0.1) is 6.92 Å². The van der Waals surface area contributed by atoms with Gasteiger partial charge in [0.15, 0.2) is 5.82 Å². The molecule has 0 fully saturated rings. The fourth-order valence-electron chi connectivity index (χ4n) is 5.36. The van der Waals surface area contributed by atoms with Crippen molar-refractivity contribution >= 4 is 27.9 Å². The molecule has 0 bridgehead atoms. The molecular weight excluding hydrogens is 534 g/mol. The lowest BCUT2D eigenvalue weighted by Crippen LogP contribution is -2.20. The predicted octanol–water partition coefficient (Wildman–Crippen LogP) is 8.12. The van der Waals surface area contributed by atoms with E-state index in [-0.39, 0.29) is 11.5 Å². The first kappa shape index (κ1) is 27.9. The molecule has 0 amide bonds. The van der Waals surface area contributed by atoms with Gasteiger partial charge >= 0.3 is 0 Å². The average molecular weight is 568 g/mol. The van der Waals surface area contributed by atoms with E-state index >= 15 is 0 Å². The minimum atomic E-state index is -0.235. The SMILES string of the molecule is COc1cc(C)c(-c2nc3ccccc3c(=O)n2N=Cc2cccc(OCc3cccc4ccccc34)c2)cc1C(C)C. The summed E-state index contributed by atoms with van der Waals surface area (Å²) in [5, 5.41) is 7.55. The highest BCUT2D eigenvalue weighted by Gasteiger charge is 2.18. The molecule has 0 atom stereocenters. The van der Waals surface area contributed by atoms with Crippen LogP contribution in [0.4, 0.5) is 0 Å². The monoisotopic (exact) mass is 567 g/mol. The van der Waals surface area contributed by atoms with Crippen LogP contribution in [0.25, 0.3) is 33.1 Å². The zero-order valence-electron chi connectivity index (χ0n) is 24.7. The Morgan fingerprint density at radius 2 is 1.63 bits per heavy atom. The molecule has 0 aliphatic heterocycles. The molecule has 6 aromatic rings. The zero-order valence-corrected chi connectivity index (χ0v) is 24.7. The second-order valence-corrected chi connectivity index (χ2v) is 10.9. The van der Waals surface area contributed by atoms with Gasteiger partial charge in [-0.2, -0.15) is 9.78 Å². The molecule has 0 spiro atoms. The first-order valence-corrected chi connectivity index (χ1v) is 14.4. The Kier molecular flexibility index (Phi) is 7.75. The maximum atomic E-state index is 13.8. The summed E-state index contributed by atoms with van der Waals surface area (Å²) >= 11 is 0. The van der Waals surface area contributed by atoms with Crippen molar-refractivity contribution in [2.75, 3.05) is 7.11 Å². The molecule has 0 radical (unpaired) electrons. The Labute approximate surface area is 250 Å². The number of para-hydroxylation sites is 1. The molecule has 5 aromatic carbocycles. The van der Waals surface area contributed by atoms with Crippen LogP contribution in [-0.4, -0.2) is 23.0 Å². The van der Waals surface area contributed by atoms with E-state index in [0.717, 1.165) is 33.6 Å². The van der Waals surface area contributed by atoms with E-state index in [1.54, 1.807) is 19.4 Å². The molecule has 0 unspecified atom stereocenters. The van der Waals surface area contributed by atoms with E-state index in [0.29, 0.717) is 29.1 Å². The van der Waals surface area contributed by atoms with Crippen LogP contribution in [0.2, 0.25) is 0 Å². The standard InChI is InChI=1S/C37H33N3O3/c1-24(2)32-21-33(25(3)19-35(32)42-4)36-39-34-18-8-7-17-31(34)37(41)40(36)38-22-26-11-9-15-29(20-26)43-23-28-14-10-13-27-12-5-6-16-30(27)28/h5-22,24H,23H2,1-4H3. The van der Waals surface area contributed by atoms with E-state index < -0.39 is 0 Å². The minimum absolute atomic E-state index is 0.218. The highest BCUT2D eigenvalue weighted by molar-refractivity contribution is 5.86. The number of hydrogen-bond donors (Lipinski definition) is 0. The number of aryl methyl sites for hydroxylation is 1. The summed E-state index contributed by atoms with van der Waals surface area (Å²) in [5.41, 5.74) is 5.12. The van der Waals surface area contributed by atoms with Crippen molar-refractivity contribution in [2.24, 2.45) is 5.10 Å². The zero-order chi connectivity index (χ0) is 29.9. The second-order valence-electron chi connectivity index (χ2n) is 10.9. The van der Waals surface area contributed by atoms with Crippen LogP contribution < -0.4 is 15.0 Å². The lowest BCUT2D eigenvalue weighted by molar-refractivity contribution is 0.307. The highest BCUT2D eigenvalue weighted by Crippen LogP contribution is 2.34. The summed E-state index contributed by atoms with van der Waals surface area (Å²) in [7, 11) is 1.68. The molecule has 0 saturated carbocycles. The average Bonchev–Trinajstić information content (AvgIpc) is 3.03. The lowest BCUT2D eigenvalue weighted by atomic mass is 9.96. The molecule has 214 valence electrons. The molecule has 0 aliphatic carbocycles. The molecule has 6 rings (SSSR count). The van der Waals surface area contributed by atoms with Crippen LogP contribution in [-0.2, 0) is 6.61 Å². The van der Waals surface area contributed by atoms with E-state index in [2.05, 4.69) is 44.2 Å². The third-order valence-electron chi connectivity index (χ3n) is 7.65. The van der Waals surface area contributed by atoms with Crippen LogP contribution in [0.1, 0.15) is 42.0 Å². The first-order valence-electron chi connectivity index (χ1n) is 14.4. The van der Waals surface area contributed by atoms with Gasteiger partial charge in [-0.25, -0.2) is 4.98 Å². The van der Waals surface area contributed by atoms with Gasteiger partial charge in [0.1, 0.15) is 18.1 Å². The number of nitrogens with zero attached hydrogens (tertiary/aromatic N) is 3. The molecule has 1 heterocycles.